The van der Waals surface area contributed by atoms with E-state index in [1.54, 1.807) is 4.90 Å². The summed E-state index contributed by atoms with van der Waals surface area (Å²) in [5.74, 6) is -0.154. The smallest absolute Gasteiger partial charge is 0.270 e. The zero-order valence-corrected chi connectivity index (χ0v) is 14.6. The molecule has 134 valence electrons. The maximum absolute atomic E-state index is 12.6. The zero-order chi connectivity index (χ0) is 17.2. The van der Waals surface area contributed by atoms with Gasteiger partial charge in [0.05, 0.1) is 13.2 Å². The molecule has 2 N–H and O–H groups in total. The van der Waals surface area contributed by atoms with Gasteiger partial charge in [-0.05, 0) is 26.0 Å². The monoisotopic (exact) mass is 356 g/mol. The van der Waals surface area contributed by atoms with E-state index in [0.717, 1.165) is 12.8 Å². The minimum absolute atomic E-state index is 0.134. The van der Waals surface area contributed by atoms with Crippen LogP contribution in [0.3, 0.4) is 0 Å². The molecular weight excluding hydrogens is 332 g/mol. The van der Waals surface area contributed by atoms with Gasteiger partial charge in [-0.2, -0.15) is 4.31 Å². The molecule has 2 fully saturated rings. The van der Waals surface area contributed by atoms with E-state index >= 15 is 0 Å². The molecular formula is C15H24N4O4S. The van der Waals surface area contributed by atoms with E-state index in [2.05, 4.69) is 10.3 Å². The highest BCUT2D eigenvalue weighted by Crippen LogP contribution is 2.20. The standard InChI is InChI=1S/C15H24N4O4S/c1-16-12-3-2-4-18(11-12)15(20)14-9-13(10-17-14)24(21,22)19-5-7-23-8-6-19/h9-10,12,16-17H,2-8,11H2,1H3. The quantitative estimate of drug-likeness (QED) is 0.783. The molecule has 0 aliphatic carbocycles. The third-order valence-corrected chi connectivity index (χ3v) is 6.49. The van der Waals surface area contributed by atoms with E-state index in [1.165, 1.54) is 16.6 Å². The molecule has 0 radical (unpaired) electrons. The van der Waals surface area contributed by atoms with Crippen molar-refractivity contribution >= 4 is 15.9 Å². The fraction of sp³-hybridized carbons (Fsp3) is 0.667. The number of likely N-dealkylation sites (N-methyl/N-ethyl adjacent to an activating group) is 1. The van der Waals surface area contributed by atoms with Gasteiger partial charge in [0.15, 0.2) is 0 Å². The van der Waals surface area contributed by atoms with Crippen LogP contribution in [0.5, 0.6) is 0 Å². The number of sulfonamides is 1. The Morgan fingerprint density at radius 1 is 1.33 bits per heavy atom. The number of hydrogen-bond donors (Lipinski definition) is 2. The Morgan fingerprint density at radius 3 is 2.79 bits per heavy atom. The summed E-state index contributed by atoms with van der Waals surface area (Å²) in [6.07, 6.45) is 3.39. The van der Waals surface area contributed by atoms with E-state index in [1.807, 2.05) is 7.05 Å². The fourth-order valence-corrected chi connectivity index (χ4v) is 4.55. The van der Waals surface area contributed by atoms with Crippen molar-refractivity contribution in [2.24, 2.45) is 0 Å². The number of ether oxygens (including phenoxy) is 1. The van der Waals surface area contributed by atoms with Gasteiger partial charge in [-0.3, -0.25) is 4.79 Å². The van der Waals surface area contributed by atoms with Gasteiger partial charge in [0.1, 0.15) is 10.6 Å². The van der Waals surface area contributed by atoms with Gasteiger partial charge in [-0.15, -0.1) is 0 Å². The van der Waals surface area contributed by atoms with Crippen molar-refractivity contribution in [3.05, 3.63) is 18.0 Å². The van der Waals surface area contributed by atoms with Crippen LogP contribution in [0.4, 0.5) is 0 Å². The number of morpholine rings is 1. The maximum Gasteiger partial charge on any atom is 0.270 e. The van der Waals surface area contributed by atoms with Crippen LogP contribution in [0.15, 0.2) is 17.2 Å². The van der Waals surface area contributed by atoms with E-state index in [4.69, 9.17) is 4.74 Å². The second-order valence-corrected chi connectivity index (χ2v) is 8.08. The van der Waals surface area contributed by atoms with Crippen LogP contribution < -0.4 is 5.32 Å². The topological polar surface area (TPSA) is 94.7 Å². The Kier molecular flexibility index (Phi) is 5.24. The second kappa shape index (κ2) is 7.22. The zero-order valence-electron chi connectivity index (χ0n) is 13.8. The number of piperidine rings is 1. The summed E-state index contributed by atoms with van der Waals surface area (Å²) in [4.78, 5) is 17.3. The predicted octanol–water partition coefficient (Wildman–Crippen LogP) is -0.140. The lowest BCUT2D eigenvalue weighted by Crippen LogP contribution is -2.47. The Bertz CT molecular complexity index is 681. The van der Waals surface area contributed by atoms with Crippen LogP contribution in [0.1, 0.15) is 23.3 Å². The number of rotatable bonds is 4. The molecule has 2 aliphatic heterocycles. The largest absolute Gasteiger partial charge is 0.379 e. The van der Waals surface area contributed by atoms with Gasteiger partial charge in [0, 0.05) is 38.4 Å². The summed E-state index contributed by atoms with van der Waals surface area (Å²) >= 11 is 0. The van der Waals surface area contributed by atoms with Crippen LogP contribution in [-0.4, -0.2) is 81.0 Å². The molecule has 0 bridgehead atoms. The van der Waals surface area contributed by atoms with Crippen LogP contribution in [0.25, 0.3) is 0 Å². The highest BCUT2D eigenvalue weighted by molar-refractivity contribution is 7.89. The van der Waals surface area contributed by atoms with Gasteiger partial charge in [0.2, 0.25) is 10.0 Å². The molecule has 3 heterocycles. The summed E-state index contributed by atoms with van der Waals surface area (Å²) in [5.41, 5.74) is 0.318. The van der Waals surface area contributed by atoms with Crippen molar-refractivity contribution in [3.8, 4) is 0 Å². The molecule has 9 heteroatoms. The number of H-pyrrole nitrogens is 1. The number of carbonyl (C=O) groups is 1. The summed E-state index contributed by atoms with van der Waals surface area (Å²) in [5, 5.41) is 3.19. The van der Waals surface area contributed by atoms with E-state index in [9.17, 15) is 13.2 Å². The summed E-state index contributed by atoms with van der Waals surface area (Å²) in [7, 11) is -1.69. The fourth-order valence-electron chi connectivity index (χ4n) is 3.15. The van der Waals surface area contributed by atoms with E-state index in [-0.39, 0.29) is 16.8 Å². The number of aromatic amines is 1. The van der Waals surface area contributed by atoms with Crippen LogP contribution >= 0.6 is 0 Å². The molecule has 2 saturated heterocycles. The van der Waals surface area contributed by atoms with E-state index in [0.29, 0.717) is 45.1 Å². The van der Waals surface area contributed by atoms with Gasteiger partial charge in [-0.25, -0.2) is 8.42 Å². The van der Waals surface area contributed by atoms with Crippen molar-refractivity contribution in [2.75, 3.05) is 46.4 Å². The highest BCUT2D eigenvalue weighted by Gasteiger charge is 2.29. The number of aromatic nitrogens is 1. The van der Waals surface area contributed by atoms with Gasteiger partial charge < -0.3 is 19.9 Å². The summed E-state index contributed by atoms with van der Waals surface area (Å²) in [6.45, 7) is 2.81. The SMILES string of the molecule is CNC1CCCN(C(=O)c2cc(S(=O)(=O)N3CCOCC3)c[nH]2)C1. The predicted molar refractivity (Wildman–Crippen MR) is 88.4 cm³/mol. The van der Waals surface area contributed by atoms with Crippen molar-refractivity contribution in [1.29, 1.82) is 0 Å². The first-order valence-corrected chi connectivity index (χ1v) is 9.69. The second-order valence-electron chi connectivity index (χ2n) is 6.14. The molecule has 8 nitrogen and oxygen atoms in total. The molecule has 0 aromatic carbocycles. The molecule has 3 rings (SSSR count). The average Bonchev–Trinajstić information content (AvgIpc) is 3.13. The van der Waals surface area contributed by atoms with Gasteiger partial charge in [0.25, 0.3) is 5.91 Å². The Labute approximate surface area is 142 Å². The Hall–Kier alpha value is -1.42. The van der Waals surface area contributed by atoms with Gasteiger partial charge >= 0.3 is 0 Å². The molecule has 1 amide bonds. The number of likely N-dealkylation sites (tertiary alicyclic amines) is 1. The summed E-state index contributed by atoms with van der Waals surface area (Å²) in [6, 6.07) is 1.73. The number of nitrogens with one attached hydrogen (secondary N) is 2. The minimum Gasteiger partial charge on any atom is -0.379 e. The lowest BCUT2D eigenvalue weighted by atomic mass is 10.1. The molecule has 24 heavy (non-hydrogen) atoms. The molecule has 1 atom stereocenters. The number of nitrogens with zero attached hydrogens (tertiary/aromatic N) is 2. The van der Waals surface area contributed by atoms with Crippen molar-refractivity contribution in [3.63, 3.8) is 0 Å². The van der Waals surface area contributed by atoms with Crippen LogP contribution in [0.2, 0.25) is 0 Å². The first-order chi connectivity index (χ1) is 11.5. The number of amides is 1. The molecule has 1 unspecified atom stereocenters. The number of carbonyl (C=O) groups excluding carboxylic acids is 1. The molecule has 0 saturated carbocycles. The molecule has 2 aliphatic rings. The Balaban J connectivity index is 1.73. The van der Waals surface area contributed by atoms with Crippen LogP contribution in [0, 0.1) is 0 Å². The minimum atomic E-state index is -3.58. The number of hydrogen-bond acceptors (Lipinski definition) is 5. The lowest BCUT2D eigenvalue weighted by molar-refractivity contribution is 0.0692. The maximum atomic E-state index is 12.6. The highest BCUT2D eigenvalue weighted by atomic mass is 32.2. The third kappa shape index (κ3) is 3.49. The Morgan fingerprint density at radius 2 is 2.08 bits per heavy atom. The third-order valence-electron chi connectivity index (χ3n) is 4.61. The normalized spacial score (nSPS) is 23.4. The van der Waals surface area contributed by atoms with Crippen molar-refractivity contribution in [2.45, 2.75) is 23.8 Å². The van der Waals surface area contributed by atoms with Gasteiger partial charge in [-0.1, -0.05) is 0 Å². The molecule has 1 aromatic heterocycles. The lowest BCUT2D eigenvalue weighted by Gasteiger charge is -2.32. The van der Waals surface area contributed by atoms with Crippen molar-refractivity contribution in [1.82, 2.24) is 19.5 Å². The van der Waals surface area contributed by atoms with Crippen LogP contribution in [-0.2, 0) is 14.8 Å². The molecule has 1 aromatic rings. The first-order valence-electron chi connectivity index (χ1n) is 8.25. The average molecular weight is 356 g/mol. The summed E-state index contributed by atoms with van der Waals surface area (Å²) < 4.78 is 31.8. The molecule has 0 spiro atoms. The first kappa shape index (κ1) is 17.4. The van der Waals surface area contributed by atoms with E-state index < -0.39 is 10.0 Å². The van der Waals surface area contributed by atoms with Crippen molar-refractivity contribution < 1.29 is 17.9 Å².